The van der Waals surface area contributed by atoms with Crippen molar-refractivity contribution in [2.75, 3.05) is 18.9 Å². The van der Waals surface area contributed by atoms with E-state index in [-0.39, 0.29) is 18.3 Å². The number of hydrogen-bond donors (Lipinski definition) is 1. The predicted molar refractivity (Wildman–Crippen MR) is 118 cm³/mol. The van der Waals surface area contributed by atoms with Crippen LogP contribution in [0.15, 0.2) is 65.6 Å². The molecule has 7 heteroatoms. The topological polar surface area (TPSA) is 73.2 Å². The Bertz CT molecular complexity index is 988. The molecule has 6 nitrogen and oxygen atoms in total. The maximum atomic E-state index is 12.1. The van der Waals surface area contributed by atoms with Gasteiger partial charge in [-0.25, -0.2) is 4.68 Å². The van der Waals surface area contributed by atoms with E-state index >= 15 is 0 Å². The fourth-order valence-corrected chi connectivity index (χ4v) is 3.91. The quantitative estimate of drug-likeness (QED) is 0.421. The molecule has 0 aliphatic heterocycles. The van der Waals surface area contributed by atoms with E-state index < -0.39 is 5.97 Å². The van der Waals surface area contributed by atoms with Gasteiger partial charge in [0.05, 0.1) is 27.7 Å². The number of nitrogens with zero attached hydrogens (tertiary/aromatic N) is 2. The molecule has 1 heterocycles. The summed E-state index contributed by atoms with van der Waals surface area (Å²) in [5.74, 6) is -0.600. The van der Waals surface area contributed by atoms with Crippen LogP contribution >= 0.6 is 11.8 Å². The van der Waals surface area contributed by atoms with Crippen molar-refractivity contribution in [2.45, 2.75) is 25.2 Å². The van der Waals surface area contributed by atoms with Crippen LogP contribution in [0.1, 0.15) is 17.0 Å². The molecule has 0 unspecified atom stereocenters. The summed E-state index contributed by atoms with van der Waals surface area (Å²) in [6, 6.07) is 19.7. The molecular formula is C23H25N3O3S. The maximum absolute atomic E-state index is 12.1. The third kappa shape index (κ3) is 5.97. The molecule has 3 rings (SSSR count). The van der Waals surface area contributed by atoms with Crippen LogP contribution in [0.3, 0.4) is 0 Å². The molecule has 0 radical (unpaired) electrons. The highest BCUT2D eigenvalue weighted by Crippen LogP contribution is 2.27. The number of rotatable bonds is 9. The Morgan fingerprint density at radius 2 is 1.70 bits per heavy atom. The standard InChI is InChI=1S/C23H25N3O3S/c1-17-23(18(2)26(25-17)20-11-7-4-8-12-20)30-16-22(28)29-15-21(27)24-14-13-19-9-5-3-6-10-19/h3-12H,13-16H2,1-2H3,(H,24,27). The predicted octanol–water partition coefficient (Wildman–Crippen LogP) is 3.48. The Balaban J connectivity index is 1.42. The van der Waals surface area contributed by atoms with Crippen LogP contribution < -0.4 is 5.32 Å². The molecule has 0 spiro atoms. The van der Waals surface area contributed by atoms with Gasteiger partial charge in [0.25, 0.3) is 5.91 Å². The van der Waals surface area contributed by atoms with Crippen molar-refractivity contribution in [3.8, 4) is 5.69 Å². The molecule has 30 heavy (non-hydrogen) atoms. The lowest BCUT2D eigenvalue weighted by Gasteiger charge is -2.07. The second-order valence-corrected chi connectivity index (χ2v) is 7.77. The Hall–Kier alpha value is -3.06. The maximum Gasteiger partial charge on any atom is 0.316 e. The van der Waals surface area contributed by atoms with E-state index in [1.54, 1.807) is 0 Å². The molecule has 1 N–H and O–H groups in total. The van der Waals surface area contributed by atoms with Gasteiger partial charge < -0.3 is 10.1 Å². The molecule has 3 aromatic rings. The lowest BCUT2D eigenvalue weighted by atomic mass is 10.1. The molecule has 0 aliphatic carbocycles. The summed E-state index contributed by atoms with van der Waals surface area (Å²) in [5, 5.41) is 7.33. The zero-order valence-electron chi connectivity index (χ0n) is 17.1. The Kier molecular flexibility index (Phi) is 7.68. The second kappa shape index (κ2) is 10.6. The van der Waals surface area contributed by atoms with Crippen molar-refractivity contribution in [2.24, 2.45) is 0 Å². The van der Waals surface area contributed by atoms with Crippen LogP contribution in [0.4, 0.5) is 0 Å². The molecule has 0 saturated carbocycles. The van der Waals surface area contributed by atoms with Crippen molar-refractivity contribution in [3.05, 3.63) is 77.6 Å². The third-order valence-corrected chi connectivity index (χ3v) is 5.76. The number of para-hydroxylation sites is 1. The van der Waals surface area contributed by atoms with Gasteiger partial charge in [0.1, 0.15) is 0 Å². The summed E-state index contributed by atoms with van der Waals surface area (Å²) < 4.78 is 6.96. The average Bonchev–Trinajstić information content (AvgIpc) is 3.05. The highest BCUT2D eigenvalue weighted by Gasteiger charge is 2.16. The number of thioether (sulfide) groups is 1. The molecule has 1 amide bonds. The fourth-order valence-electron chi connectivity index (χ4n) is 3.02. The normalized spacial score (nSPS) is 10.6. The zero-order valence-corrected chi connectivity index (χ0v) is 17.9. The number of benzene rings is 2. The first-order valence-electron chi connectivity index (χ1n) is 9.75. The van der Waals surface area contributed by atoms with Gasteiger partial charge in [0.15, 0.2) is 6.61 Å². The van der Waals surface area contributed by atoms with Crippen molar-refractivity contribution in [1.29, 1.82) is 0 Å². The molecule has 1 aromatic heterocycles. The minimum absolute atomic E-state index is 0.124. The van der Waals surface area contributed by atoms with Crippen LogP contribution in [0.5, 0.6) is 0 Å². The Labute approximate surface area is 180 Å². The first-order valence-corrected chi connectivity index (χ1v) is 10.7. The van der Waals surface area contributed by atoms with Gasteiger partial charge in [-0.05, 0) is 38.0 Å². The molecule has 0 atom stereocenters. The number of amides is 1. The van der Waals surface area contributed by atoms with E-state index in [1.807, 2.05) is 79.2 Å². The van der Waals surface area contributed by atoms with Crippen LogP contribution in [0.25, 0.3) is 5.69 Å². The first kappa shape index (κ1) is 21.6. The van der Waals surface area contributed by atoms with Gasteiger partial charge in [-0.1, -0.05) is 48.5 Å². The van der Waals surface area contributed by atoms with E-state index in [0.29, 0.717) is 6.54 Å². The second-order valence-electron chi connectivity index (χ2n) is 6.78. The molecule has 0 fully saturated rings. The molecular weight excluding hydrogens is 398 g/mol. The summed E-state index contributed by atoms with van der Waals surface area (Å²) in [6.45, 7) is 4.13. The molecule has 0 aliphatic rings. The summed E-state index contributed by atoms with van der Waals surface area (Å²) in [5.41, 5.74) is 3.94. The average molecular weight is 424 g/mol. The van der Waals surface area contributed by atoms with Crippen LogP contribution in [-0.4, -0.2) is 40.6 Å². The smallest absolute Gasteiger partial charge is 0.316 e. The van der Waals surface area contributed by atoms with Crippen LogP contribution in [0.2, 0.25) is 0 Å². The highest BCUT2D eigenvalue weighted by atomic mass is 32.2. The number of esters is 1. The lowest BCUT2D eigenvalue weighted by Crippen LogP contribution is -2.30. The number of aryl methyl sites for hydroxylation is 1. The van der Waals surface area contributed by atoms with Crippen LogP contribution in [0, 0.1) is 13.8 Å². The van der Waals surface area contributed by atoms with E-state index in [0.717, 1.165) is 34.0 Å². The van der Waals surface area contributed by atoms with Gasteiger partial charge in [-0.2, -0.15) is 5.10 Å². The number of ether oxygens (including phenoxy) is 1. The number of carbonyl (C=O) groups excluding carboxylic acids is 2. The van der Waals surface area contributed by atoms with Crippen molar-refractivity contribution < 1.29 is 14.3 Å². The van der Waals surface area contributed by atoms with Gasteiger partial charge in [0, 0.05) is 6.54 Å². The number of aromatic nitrogens is 2. The van der Waals surface area contributed by atoms with Gasteiger partial charge in [-0.3, -0.25) is 9.59 Å². The lowest BCUT2D eigenvalue weighted by molar-refractivity contribution is -0.145. The number of nitrogens with one attached hydrogen (secondary N) is 1. The molecule has 0 saturated heterocycles. The van der Waals surface area contributed by atoms with Crippen molar-refractivity contribution in [1.82, 2.24) is 15.1 Å². The Morgan fingerprint density at radius 3 is 2.40 bits per heavy atom. The number of carbonyl (C=O) groups is 2. The molecule has 0 bridgehead atoms. The van der Waals surface area contributed by atoms with Gasteiger partial charge in [-0.15, -0.1) is 11.8 Å². The zero-order chi connectivity index (χ0) is 21.3. The minimum atomic E-state index is -0.426. The number of hydrogen-bond acceptors (Lipinski definition) is 5. The van der Waals surface area contributed by atoms with Gasteiger partial charge >= 0.3 is 5.97 Å². The van der Waals surface area contributed by atoms with E-state index in [9.17, 15) is 9.59 Å². The van der Waals surface area contributed by atoms with E-state index in [4.69, 9.17) is 4.74 Å². The highest BCUT2D eigenvalue weighted by molar-refractivity contribution is 8.00. The third-order valence-electron chi connectivity index (χ3n) is 4.50. The summed E-state index contributed by atoms with van der Waals surface area (Å²) in [4.78, 5) is 24.9. The largest absolute Gasteiger partial charge is 0.455 e. The fraction of sp³-hybridized carbons (Fsp3) is 0.261. The summed E-state index contributed by atoms with van der Waals surface area (Å²) in [7, 11) is 0. The monoisotopic (exact) mass is 423 g/mol. The minimum Gasteiger partial charge on any atom is -0.455 e. The van der Waals surface area contributed by atoms with E-state index in [2.05, 4.69) is 10.4 Å². The molecule has 2 aromatic carbocycles. The Morgan fingerprint density at radius 1 is 1.03 bits per heavy atom. The first-order chi connectivity index (χ1) is 14.5. The summed E-state index contributed by atoms with van der Waals surface area (Å²) in [6.07, 6.45) is 0.736. The van der Waals surface area contributed by atoms with Crippen LogP contribution in [-0.2, 0) is 20.7 Å². The van der Waals surface area contributed by atoms with Crippen molar-refractivity contribution >= 4 is 23.6 Å². The molecule has 156 valence electrons. The summed E-state index contributed by atoms with van der Waals surface area (Å²) >= 11 is 1.37. The van der Waals surface area contributed by atoms with Gasteiger partial charge in [0.2, 0.25) is 0 Å². The van der Waals surface area contributed by atoms with E-state index in [1.165, 1.54) is 11.8 Å². The van der Waals surface area contributed by atoms with Crippen molar-refractivity contribution in [3.63, 3.8) is 0 Å². The SMILES string of the molecule is Cc1nn(-c2ccccc2)c(C)c1SCC(=O)OCC(=O)NCCc1ccccc1.